The first-order valence-electron chi connectivity index (χ1n) is 9.15. The molecule has 4 heterocycles. The summed E-state index contributed by atoms with van der Waals surface area (Å²) in [4.78, 5) is 8.97. The fourth-order valence-electron chi connectivity index (χ4n) is 3.33. The number of para-hydroxylation sites is 2. The molecule has 5 rings (SSSR count). The van der Waals surface area contributed by atoms with E-state index in [0.717, 1.165) is 40.2 Å². The first-order valence-corrected chi connectivity index (χ1v) is 9.15. The number of aromatic nitrogens is 5. The van der Waals surface area contributed by atoms with E-state index in [2.05, 4.69) is 15.3 Å². The van der Waals surface area contributed by atoms with Crippen LogP contribution in [0.15, 0.2) is 48.8 Å². The molecule has 0 amide bonds. The Morgan fingerprint density at radius 1 is 1.21 bits per heavy atom. The van der Waals surface area contributed by atoms with Gasteiger partial charge in [0.05, 0.1) is 6.54 Å². The maximum absolute atomic E-state index is 6.03. The smallest absolute Gasteiger partial charge is 0.161 e. The minimum Gasteiger partial charge on any atom is -0.486 e. The molecule has 0 radical (unpaired) electrons. The predicted molar refractivity (Wildman–Crippen MR) is 105 cm³/mol. The normalized spacial score (nSPS) is 15.7. The van der Waals surface area contributed by atoms with Crippen LogP contribution in [0.5, 0.6) is 11.5 Å². The Hall–Kier alpha value is -3.55. The highest BCUT2D eigenvalue weighted by atomic mass is 16.6. The Labute approximate surface area is 161 Å². The summed E-state index contributed by atoms with van der Waals surface area (Å²) >= 11 is 0. The van der Waals surface area contributed by atoms with Crippen molar-refractivity contribution in [2.24, 2.45) is 7.05 Å². The molecule has 142 valence electrons. The molecule has 1 N–H and O–H groups in total. The fourth-order valence-corrected chi connectivity index (χ4v) is 3.33. The molecule has 4 aromatic rings. The number of fused-ring (bicyclic) bond motifs is 2. The summed E-state index contributed by atoms with van der Waals surface area (Å²) < 4.78 is 15.6. The molecule has 28 heavy (non-hydrogen) atoms. The average Bonchev–Trinajstić information content (AvgIpc) is 3.31. The van der Waals surface area contributed by atoms with E-state index >= 15 is 0 Å². The second kappa shape index (κ2) is 6.56. The van der Waals surface area contributed by atoms with Gasteiger partial charge in [0.2, 0.25) is 0 Å². The highest BCUT2D eigenvalue weighted by Crippen LogP contribution is 2.31. The minimum atomic E-state index is -0.0944. The first-order chi connectivity index (χ1) is 13.7. The van der Waals surface area contributed by atoms with Gasteiger partial charge in [-0.3, -0.25) is 0 Å². The highest BCUT2D eigenvalue weighted by molar-refractivity contribution is 5.61. The molecule has 3 aromatic heterocycles. The van der Waals surface area contributed by atoms with E-state index in [4.69, 9.17) is 14.6 Å². The van der Waals surface area contributed by atoms with Gasteiger partial charge in [-0.05, 0) is 19.1 Å². The van der Waals surface area contributed by atoms with Crippen LogP contribution in [-0.2, 0) is 7.05 Å². The molecule has 0 saturated heterocycles. The zero-order valence-electron chi connectivity index (χ0n) is 15.7. The van der Waals surface area contributed by atoms with Gasteiger partial charge in [-0.15, -0.1) is 0 Å². The molecule has 1 atom stereocenters. The van der Waals surface area contributed by atoms with Crippen LogP contribution in [0, 0.1) is 6.92 Å². The maximum Gasteiger partial charge on any atom is 0.161 e. The van der Waals surface area contributed by atoms with Crippen molar-refractivity contribution in [2.75, 3.05) is 18.5 Å². The molecule has 1 unspecified atom stereocenters. The van der Waals surface area contributed by atoms with Crippen molar-refractivity contribution in [3.05, 3.63) is 54.5 Å². The second-order valence-corrected chi connectivity index (χ2v) is 6.82. The van der Waals surface area contributed by atoms with E-state index in [1.165, 1.54) is 0 Å². The second-order valence-electron chi connectivity index (χ2n) is 6.82. The van der Waals surface area contributed by atoms with Crippen LogP contribution < -0.4 is 14.8 Å². The van der Waals surface area contributed by atoms with Crippen molar-refractivity contribution in [1.82, 2.24) is 24.1 Å². The van der Waals surface area contributed by atoms with Crippen LogP contribution >= 0.6 is 0 Å². The van der Waals surface area contributed by atoms with Crippen molar-refractivity contribution in [1.29, 1.82) is 0 Å². The van der Waals surface area contributed by atoms with Gasteiger partial charge in [-0.2, -0.15) is 9.61 Å². The lowest BCUT2D eigenvalue weighted by atomic mass is 10.2. The maximum atomic E-state index is 6.03. The Morgan fingerprint density at radius 3 is 2.89 bits per heavy atom. The van der Waals surface area contributed by atoms with Crippen LogP contribution in [0.3, 0.4) is 0 Å². The predicted octanol–water partition coefficient (Wildman–Crippen LogP) is 2.69. The van der Waals surface area contributed by atoms with Crippen molar-refractivity contribution >= 4 is 11.5 Å². The summed E-state index contributed by atoms with van der Waals surface area (Å²) in [7, 11) is 1.95. The number of rotatable bonds is 4. The van der Waals surface area contributed by atoms with Crippen LogP contribution in [0.2, 0.25) is 0 Å². The lowest BCUT2D eigenvalue weighted by molar-refractivity contribution is 0.0997. The molecule has 8 heteroatoms. The Morgan fingerprint density at radius 2 is 2.07 bits per heavy atom. The molecular weight excluding hydrogens is 356 g/mol. The molecule has 0 fully saturated rings. The summed E-state index contributed by atoms with van der Waals surface area (Å²) in [5.74, 6) is 3.21. The van der Waals surface area contributed by atoms with Crippen molar-refractivity contribution in [3.8, 4) is 23.0 Å². The number of imidazole rings is 1. The van der Waals surface area contributed by atoms with E-state index < -0.39 is 0 Å². The van der Waals surface area contributed by atoms with E-state index in [0.29, 0.717) is 13.2 Å². The Kier molecular flexibility index (Phi) is 3.89. The van der Waals surface area contributed by atoms with Crippen LogP contribution in [0.4, 0.5) is 5.82 Å². The number of aryl methyl sites for hydroxylation is 2. The number of hydrogen-bond donors (Lipinski definition) is 1. The Balaban J connectivity index is 1.40. The summed E-state index contributed by atoms with van der Waals surface area (Å²) in [6.45, 7) is 3.05. The average molecular weight is 376 g/mol. The van der Waals surface area contributed by atoms with Crippen LogP contribution in [0.25, 0.3) is 17.2 Å². The molecule has 0 spiro atoms. The van der Waals surface area contributed by atoms with Gasteiger partial charge in [0.1, 0.15) is 24.2 Å². The fraction of sp³-hybridized carbons (Fsp3) is 0.250. The molecular formula is C20H20N6O2. The molecule has 1 aliphatic rings. The van der Waals surface area contributed by atoms with Gasteiger partial charge in [-0.25, -0.2) is 9.97 Å². The molecule has 0 aliphatic carbocycles. The summed E-state index contributed by atoms with van der Waals surface area (Å²) in [6.07, 6.45) is 3.56. The van der Waals surface area contributed by atoms with Crippen molar-refractivity contribution in [3.63, 3.8) is 0 Å². The largest absolute Gasteiger partial charge is 0.486 e. The van der Waals surface area contributed by atoms with Gasteiger partial charge in [-0.1, -0.05) is 12.1 Å². The lowest BCUT2D eigenvalue weighted by Crippen LogP contribution is -2.35. The third-order valence-corrected chi connectivity index (χ3v) is 4.68. The number of ether oxygens (including phenoxy) is 2. The van der Waals surface area contributed by atoms with Gasteiger partial charge in [0, 0.05) is 37.3 Å². The SMILES string of the molecule is Cc1cc(NCC2COc3ccccc3O2)n2nc(-c3nccn3C)cc2n1. The van der Waals surface area contributed by atoms with E-state index in [1.807, 2.05) is 61.1 Å². The van der Waals surface area contributed by atoms with Crippen LogP contribution in [0.1, 0.15) is 5.69 Å². The van der Waals surface area contributed by atoms with Gasteiger partial charge in [0.15, 0.2) is 23.0 Å². The zero-order chi connectivity index (χ0) is 19.1. The highest BCUT2D eigenvalue weighted by Gasteiger charge is 2.21. The Bertz CT molecular complexity index is 1150. The van der Waals surface area contributed by atoms with Crippen molar-refractivity contribution < 1.29 is 9.47 Å². The molecule has 8 nitrogen and oxygen atoms in total. The lowest BCUT2D eigenvalue weighted by Gasteiger charge is -2.26. The first kappa shape index (κ1) is 16.6. The summed E-state index contributed by atoms with van der Waals surface area (Å²) in [5, 5.41) is 8.12. The minimum absolute atomic E-state index is 0.0944. The third-order valence-electron chi connectivity index (χ3n) is 4.68. The summed E-state index contributed by atoms with van der Waals surface area (Å²) in [5.41, 5.74) is 2.46. The monoisotopic (exact) mass is 376 g/mol. The molecule has 1 aromatic carbocycles. The van der Waals surface area contributed by atoms with E-state index in [-0.39, 0.29) is 6.10 Å². The molecule has 0 bridgehead atoms. The quantitative estimate of drug-likeness (QED) is 0.590. The summed E-state index contributed by atoms with van der Waals surface area (Å²) in [6, 6.07) is 11.6. The molecule has 1 aliphatic heterocycles. The number of benzene rings is 1. The van der Waals surface area contributed by atoms with Gasteiger partial charge < -0.3 is 19.4 Å². The number of nitrogens with zero attached hydrogens (tertiary/aromatic N) is 5. The van der Waals surface area contributed by atoms with Gasteiger partial charge in [0.25, 0.3) is 0 Å². The topological polar surface area (TPSA) is 78.5 Å². The third kappa shape index (κ3) is 2.92. The zero-order valence-corrected chi connectivity index (χ0v) is 15.7. The number of anilines is 1. The molecule has 0 saturated carbocycles. The van der Waals surface area contributed by atoms with Crippen LogP contribution in [-0.4, -0.2) is 43.4 Å². The van der Waals surface area contributed by atoms with Crippen molar-refractivity contribution in [2.45, 2.75) is 13.0 Å². The van der Waals surface area contributed by atoms with E-state index in [9.17, 15) is 0 Å². The van der Waals surface area contributed by atoms with Gasteiger partial charge >= 0.3 is 0 Å². The van der Waals surface area contributed by atoms with E-state index in [1.54, 1.807) is 10.7 Å². The number of hydrogen-bond acceptors (Lipinski definition) is 6. The number of nitrogens with one attached hydrogen (secondary N) is 1. The standard InChI is InChI=1S/C20H20N6O2/c1-13-9-18(22-11-14-12-27-16-5-3-4-6-17(16)28-14)26-19(23-13)10-15(24-26)20-21-7-8-25(20)2/h3-10,14,22H,11-12H2,1-2H3.